The van der Waals surface area contributed by atoms with Gasteiger partial charge in [-0.2, -0.15) is 20.5 Å². The van der Waals surface area contributed by atoms with E-state index in [9.17, 15) is 4.79 Å². The van der Waals surface area contributed by atoms with Gasteiger partial charge < -0.3 is 5.32 Å². The zero-order chi connectivity index (χ0) is 13.1. The average Bonchev–Trinajstić information content (AvgIpc) is 2.96. The van der Waals surface area contributed by atoms with Crippen LogP contribution < -0.4 is 5.32 Å². The van der Waals surface area contributed by atoms with Gasteiger partial charge in [-0.05, 0) is 5.92 Å². The highest BCUT2D eigenvalue weighted by atomic mass is 16.2. The summed E-state index contributed by atoms with van der Waals surface area (Å²) < 4.78 is 1.65. The van der Waals surface area contributed by atoms with Crippen LogP contribution in [-0.4, -0.2) is 36.1 Å². The fourth-order valence-electron chi connectivity index (χ4n) is 1.64. The van der Waals surface area contributed by atoms with Crippen LogP contribution in [0.5, 0.6) is 0 Å². The highest BCUT2D eigenvalue weighted by Crippen LogP contribution is 2.19. The molecule has 0 bridgehead atoms. The normalized spacial score (nSPS) is 12.7. The predicted molar refractivity (Wildman–Crippen MR) is 62.4 cm³/mol. The smallest absolute Gasteiger partial charge is 0.274 e. The molecule has 2 rings (SSSR count). The van der Waals surface area contributed by atoms with Crippen LogP contribution in [0.4, 0.5) is 0 Å². The molecule has 0 saturated carbocycles. The Hall–Kier alpha value is -2.25. The van der Waals surface area contributed by atoms with Gasteiger partial charge in [0.05, 0.1) is 12.2 Å². The van der Waals surface area contributed by atoms with Crippen molar-refractivity contribution in [3.05, 3.63) is 24.0 Å². The van der Waals surface area contributed by atoms with Gasteiger partial charge in [-0.15, -0.1) is 0 Å². The number of nitrogens with one attached hydrogen (secondary N) is 2. The number of carbonyl (C=O) groups is 1. The second-order valence-electron chi connectivity index (χ2n) is 4.29. The van der Waals surface area contributed by atoms with Crippen LogP contribution in [0, 0.1) is 5.92 Å². The van der Waals surface area contributed by atoms with E-state index in [0.717, 1.165) is 0 Å². The Labute approximate surface area is 104 Å². The second kappa shape index (κ2) is 4.94. The number of aryl methyl sites for hydroxylation is 1. The molecule has 0 aliphatic heterocycles. The SMILES string of the molecule is CC(C)[C@H](NC(=O)c1cn[nH]n1)c1ncnn1C. The number of aromatic nitrogens is 6. The summed E-state index contributed by atoms with van der Waals surface area (Å²) in [5, 5.41) is 16.6. The first-order valence-corrected chi connectivity index (χ1v) is 5.60. The maximum atomic E-state index is 11.9. The van der Waals surface area contributed by atoms with E-state index in [1.54, 1.807) is 11.7 Å². The van der Waals surface area contributed by atoms with Gasteiger partial charge in [0.25, 0.3) is 5.91 Å². The molecule has 2 N–H and O–H groups in total. The Morgan fingerprint density at radius 3 is 2.78 bits per heavy atom. The number of rotatable bonds is 4. The largest absolute Gasteiger partial charge is 0.340 e. The Kier molecular flexibility index (Phi) is 3.35. The van der Waals surface area contributed by atoms with Gasteiger partial charge >= 0.3 is 0 Å². The molecule has 0 spiro atoms. The third-order valence-electron chi connectivity index (χ3n) is 2.63. The van der Waals surface area contributed by atoms with Crippen LogP contribution >= 0.6 is 0 Å². The van der Waals surface area contributed by atoms with Gasteiger partial charge in [-0.1, -0.05) is 13.8 Å². The number of carbonyl (C=O) groups excluding carboxylic acids is 1. The van der Waals surface area contributed by atoms with Crippen molar-refractivity contribution in [2.24, 2.45) is 13.0 Å². The van der Waals surface area contributed by atoms with E-state index in [2.05, 4.69) is 30.8 Å². The van der Waals surface area contributed by atoms with Gasteiger partial charge in [-0.3, -0.25) is 9.48 Å². The van der Waals surface area contributed by atoms with Crippen molar-refractivity contribution in [2.45, 2.75) is 19.9 Å². The van der Waals surface area contributed by atoms with Crippen LogP contribution in [0.25, 0.3) is 0 Å². The molecular formula is C10H15N7O. The van der Waals surface area contributed by atoms with Crippen molar-refractivity contribution in [3.8, 4) is 0 Å². The van der Waals surface area contributed by atoms with E-state index in [-0.39, 0.29) is 23.6 Å². The summed E-state index contributed by atoms with van der Waals surface area (Å²) in [4.78, 5) is 16.1. The number of hydrogen-bond donors (Lipinski definition) is 2. The van der Waals surface area contributed by atoms with E-state index in [4.69, 9.17) is 0 Å². The molecule has 0 aromatic carbocycles. The second-order valence-corrected chi connectivity index (χ2v) is 4.29. The average molecular weight is 249 g/mol. The summed E-state index contributed by atoms with van der Waals surface area (Å²) in [5.41, 5.74) is 0.253. The standard InChI is InChI=1S/C10H15N7O/c1-6(2)8(9-11-5-13-17(9)3)14-10(18)7-4-12-16-15-7/h4-6,8H,1-3H3,(H,14,18)(H,12,15,16)/t8-/m0/s1. The fourth-order valence-corrected chi connectivity index (χ4v) is 1.64. The summed E-state index contributed by atoms with van der Waals surface area (Å²) in [5.74, 6) is 0.607. The van der Waals surface area contributed by atoms with E-state index < -0.39 is 0 Å². The van der Waals surface area contributed by atoms with Crippen molar-refractivity contribution >= 4 is 5.91 Å². The van der Waals surface area contributed by atoms with Crippen molar-refractivity contribution in [1.82, 2.24) is 35.5 Å². The number of aromatic amines is 1. The van der Waals surface area contributed by atoms with E-state index in [1.807, 2.05) is 13.8 Å². The molecular weight excluding hydrogens is 234 g/mol. The predicted octanol–water partition coefficient (Wildman–Crippen LogP) is 0.0603. The van der Waals surface area contributed by atoms with Gasteiger partial charge in [0.15, 0.2) is 5.69 Å². The van der Waals surface area contributed by atoms with Crippen molar-refractivity contribution < 1.29 is 4.79 Å². The summed E-state index contributed by atoms with van der Waals surface area (Å²) in [6.45, 7) is 4.00. The lowest BCUT2D eigenvalue weighted by Gasteiger charge is -2.20. The highest BCUT2D eigenvalue weighted by molar-refractivity contribution is 5.92. The lowest BCUT2D eigenvalue weighted by atomic mass is 10.0. The molecule has 0 aliphatic carbocycles. The minimum Gasteiger partial charge on any atom is -0.340 e. The lowest BCUT2D eigenvalue weighted by molar-refractivity contribution is 0.0917. The number of H-pyrrole nitrogens is 1. The topological polar surface area (TPSA) is 101 Å². The molecule has 0 aliphatic rings. The first-order valence-electron chi connectivity index (χ1n) is 5.60. The molecule has 1 atom stereocenters. The Morgan fingerprint density at radius 1 is 1.50 bits per heavy atom. The molecule has 2 aromatic heterocycles. The number of hydrogen-bond acceptors (Lipinski definition) is 5. The van der Waals surface area contributed by atoms with Gasteiger partial charge in [0.1, 0.15) is 12.2 Å². The summed E-state index contributed by atoms with van der Waals surface area (Å²) in [6, 6.07) is -0.221. The molecule has 1 amide bonds. The molecule has 8 nitrogen and oxygen atoms in total. The maximum absolute atomic E-state index is 11.9. The van der Waals surface area contributed by atoms with Crippen LogP contribution in [0.15, 0.2) is 12.5 Å². The summed E-state index contributed by atoms with van der Waals surface area (Å²) >= 11 is 0. The van der Waals surface area contributed by atoms with Crippen LogP contribution in [0.3, 0.4) is 0 Å². The molecule has 0 radical (unpaired) electrons. The van der Waals surface area contributed by atoms with E-state index in [1.165, 1.54) is 12.5 Å². The Morgan fingerprint density at radius 2 is 2.28 bits per heavy atom. The molecule has 8 heteroatoms. The zero-order valence-electron chi connectivity index (χ0n) is 10.5. The maximum Gasteiger partial charge on any atom is 0.274 e. The summed E-state index contributed by atoms with van der Waals surface area (Å²) in [6.07, 6.45) is 2.84. The van der Waals surface area contributed by atoms with Crippen LogP contribution in [-0.2, 0) is 7.05 Å². The molecule has 0 unspecified atom stereocenters. The number of nitrogens with zero attached hydrogens (tertiary/aromatic N) is 5. The quantitative estimate of drug-likeness (QED) is 0.797. The highest BCUT2D eigenvalue weighted by Gasteiger charge is 2.23. The monoisotopic (exact) mass is 249 g/mol. The minimum absolute atomic E-state index is 0.184. The van der Waals surface area contributed by atoms with Crippen molar-refractivity contribution in [3.63, 3.8) is 0 Å². The van der Waals surface area contributed by atoms with Crippen molar-refractivity contribution in [2.75, 3.05) is 0 Å². The molecule has 2 aromatic rings. The lowest BCUT2D eigenvalue weighted by Crippen LogP contribution is -2.33. The Balaban J connectivity index is 2.18. The van der Waals surface area contributed by atoms with Crippen LogP contribution in [0.1, 0.15) is 36.2 Å². The first-order chi connectivity index (χ1) is 8.59. The first kappa shape index (κ1) is 12.2. The van der Waals surface area contributed by atoms with Gasteiger partial charge in [-0.25, -0.2) is 4.98 Å². The van der Waals surface area contributed by atoms with Crippen LogP contribution in [0.2, 0.25) is 0 Å². The molecule has 2 heterocycles. The Bertz CT molecular complexity index is 516. The molecule has 0 saturated heterocycles. The third-order valence-corrected chi connectivity index (χ3v) is 2.63. The van der Waals surface area contributed by atoms with Gasteiger partial charge in [0, 0.05) is 7.05 Å². The summed E-state index contributed by atoms with van der Waals surface area (Å²) in [7, 11) is 1.79. The molecule has 0 fully saturated rings. The van der Waals surface area contributed by atoms with E-state index in [0.29, 0.717) is 5.82 Å². The zero-order valence-corrected chi connectivity index (χ0v) is 10.5. The van der Waals surface area contributed by atoms with Crippen molar-refractivity contribution in [1.29, 1.82) is 0 Å². The molecule has 18 heavy (non-hydrogen) atoms. The van der Waals surface area contributed by atoms with E-state index >= 15 is 0 Å². The minimum atomic E-state index is -0.287. The van der Waals surface area contributed by atoms with Gasteiger partial charge in [0.2, 0.25) is 0 Å². The number of amides is 1. The third kappa shape index (κ3) is 2.36. The fraction of sp³-hybridized carbons (Fsp3) is 0.500. The molecule has 96 valence electrons.